The van der Waals surface area contributed by atoms with E-state index in [-0.39, 0.29) is 24.8 Å². The first-order valence-electron chi connectivity index (χ1n) is 16.4. The van der Waals surface area contributed by atoms with Gasteiger partial charge in [0.1, 0.15) is 0 Å². The van der Waals surface area contributed by atoms with E-state index in [1.54, 1.807) is 22.3 Å². The molecule has 2 aliphatic carbocycles. The van der Waals surface area contributed by atoms with Crippen LogP contribution in [0.25, 0.3) is 56.0 Å². The van der Waals surface area contributed by atoms with Gasteiger partial charge in [-0.2, -0.15) is 0 Å². The van der Waals surface area contributed by atoms with E-state index in [1.165, 1.54) is 54.9 Å². The van der Waals surface area contributed by atoms with Gasteiger partial charge in [0.05, 0.1) is 0 Å². The summed E-state index contributed by atoms with van der Waals surface area (Å²) in [5, 5.41) is 5.30. The molecular formula is C44H38Cl2Zr. The third-order valence-corrected chi connectivity index (χ3v) is 14.8. The Bertz CT molecular complexity index is 2000. The second-order valence-corrected chi connectivity index (χ2v) is 17.0. The summed E-state index contributed by atoms with van der Waals surface area (Å²) in [7, 11) is 0. The molecule has 2 unspecified atom stereocenters. The Morgan fingerprint density at radius 1 is 0.426 bits per heavy atom. The number of hydrogen-bond donors (Lipinski definition) is 0. The fraction of sp³-hybridized carbons (Fsp3) is 0.182. The molecule has 0 nitrogen and oxygen atoms in total. The predicted octanol–water partition coefficient (Wildman–Crippen LogP) is 6.31. The van der Waals surface area contributed by atoms with Crippen LogP contribution in [0.15, 0.2) is 132 Å². The van der Waals surface area contributed by atoms with Gasteiger partial charge in [-0.15, -0.1) is 0 Å². The van der Waals surface area contributed by atoms with Crippen LogP contribution < -0.4 is 24.8 Å². The monoisotopic (exact) mass is 726 g/mol. The quantitative estimate of drug-likeness (QED) is 0.189. The van der Waals surface area contributed by atoms with Gasteiger partial charge in [0, 0.05) is 0 Å². The molecule has 0 radical (unpaired) electrons. The van der Waals surface area contributed by atoms with E-state index < -0.39 is 23.2 Å². The number of rotatable bonds is 6. The smallest absolute Gasteiger partial charge is 1.00 e. The van der Waals surface area contributed by atoms with Crippen molar-refractivity contribution in [3.8, 4) is 22.3 Å². The van der Waals surface area contributed by atoms with Crippen molar-refractivity contribution in [2.24, 2.45) is 11.8 Å². The molecule has 6 aromatic carbocycles. The van der Waals surface area contributed by atoms with Crippen molar-refractivity contribution in [2.45, 2.75) is 34.9 Å². The maximum absolute atomic E-state index is 2.59. The molecule has 0 fully saturated rings. The van der Waals surface area contributed by atoms with Crippen molar-refractivity contribution in [1.29, 1.82) is 0 Å². The van der Waals surface area contributed by atoms with Crippen molar-refractivity contribution < 1.29 is 48.0 Å². The molecule has 2 atom stereocenters. The van der Waals surface area contributed by atoms with Crippen molar-refractivity contribution in [3.63, 3.8) is 0 Å². The van der Waals surface area contributed by atoms with Crippen LogP contribution in [0.1, 0.15) is 57.2 Å². The summed E-state index contributed by atoms with van der Waals surface area (Å²) in [6, 6.07) is 45.4. The first-order valence-corrected chi connectivity index (χ1v) is 19.2. The normalized spacial score (nSPS) is 16.3. The second kappa shape index (κ2) is 13.7. The topological polar surface area (TPSA) is 0 Å². The molecule has 47 heavy (non-hydrogen) atoms. The van der Waals surface area contributed by atoms with Gasteiger partial charge < -0.3 is 24.8 Å². The van der Waals surface area contributed by atoms with Gasteiger partial charge in [0.2, 0.25) is 0 Å². The van der Waals surface area contributed by atoms with Gasteiger partial charge in [-0.05, 0) is 0 Å². The molecule has 0 aromatic heterocycles. The molecule has 0 saturated heterocycles. The molecule has 2 aliphatic rings. The van der Waals surface area contributed by atoms with E-state index in [2.05, 4.69) is 161 Å². The zero-order valence-electron chi connectivity index (χ0n) is 27.3. The van der Waals surface area contributed by atoms with Gasteiger partial charge in [0.15, 0.2) is 0 Å². The van der Waals surface area contributed by atoms with E-state index in [9.17, 15) is 0 Å². The minimum absolute atomic E-state index is 0. The van der Waals surface area contributed by atoms with Gasteiger partial charge in [-0.1, -0.05) is 0 Å². The summed E-state index contributed by atoms with van der Waals surface area (Å²) < 4.78 is 1.13. The second-order valence-electron chi connectivity index (χ2n) is 13.3. The van der Waals surface area contributed by atoms with Crippen LogP contribution in [0.2, 0.25) is 0 Å². The summed E-state index contributed by atoms with van der Waals surface area (Å²) in [4.78, 5) is 0. The van der Waals surface area contributed by atoms with E-state index >= 15 is 0 Å². The molecule has 0 aliphatic heterocycles. The van der Waals surface area contributed by atoms with Crippen LogP contribution in [0.5, 0.6) is 0 Å². The average Bonchev–Trinajstić information content (AvgIpc) is 3.63. The summed E-state index contributed by atoms with van der Waals surface area (Å²) in [5.74, 6) is 1.05. The molecular weight excluding hydrogens is 691 g/mol. The number of fused-ring (bicyclic) bond motifs is 4. The molecule has 0 spiro atoms. The Hall–Kier alpha value is -3.22. The van der Waals surface area contributed by atoms with Crippen molar-refractivity contribution >= 4 is 33.7 Å². The van der Waals surface area contributed by atoms with Crippen LogP contribution in [-0.4, -0.2) is 0 Å². The predicted molar refractivity (Wildman–Crippen MR) is 190 cm³/mol. The Kier molecular flexibility index (Phi) is 9.83. The average molecular weight is 729 g/mol. The minimum atomic E-state index is -1.04. The van der Waals surface area contributed by atoms with Gasteiger partial charge in [-0.3, -0.25) is 0 Å². The Balaban J connectivity index is 0.00000193. The maximum Gasteiger partial charge on any atom is -1.00 e. The minimum Gasteiger partial charge on any atom is -1.00 e. The van der Waals surface area contributed by atoms with Gasteiger partial charge in [-0.25, -0.2) is 0 Å². The van der Waals surface area contributed by atoms with Crippen LogP contribution in [0.3, 0.4) is 0 Å². The molecule has 3 heteroatoms. The third kappa shape index (κ3) is 5.80. The molecule has 0 amide bonds. The van der Waals surface area contributed by atoms with Crippen LogP contribution in [0.4, 0.5) is 0 Å². The fourth-order valence-electron chi connectivity index (χ4n) is 7.78. The number of hydrogen-bond acceptors (Lipinski definition) is 0. The molecule has 0 bridgehead atoms. The van der Waals surface area contributed by atoms with E-state index in [4.69, 9.17) is 0 Å². The SMILES string of the molecule is CC(C)C1=Cc2c(-c3cccc4ccccc34)cccc2[CH]1[Zr+2][CH]1C(C(C)C)=Cc2c(-c3cccc4ccccc34)cccc21.[Cl-].[Cl-]. The summed E-state index contributed by atoms with van der Waals surface area (Å²) in [5.41, 5.74) is 14.8. The van der Waals surface area contributed by atoms with Crippen LogP contribution >= 0.6 is 0 Å². The molecule has 0 N–H and O–H groups in total. The Labute approximate surface area is 303 Å². The van der Waals surface area contributed by atoms with E-state index in [0.717, 1.165) is 0 Å². The molecule has 6 aromatic rings. The Morgan fingerprint density at radius 2 is 0.787 bits per heavy atom. The summed E-state index contributed by atoms with van der Waals surface area (Å²) >= 11 is -1.04. The summed E-state index contributed by atoms with van der Waals surface area (Å²) in [6.07, 6.45) is 5.17. The molecule has 0 saturated carbocycles. The van der Waals surface area contributed by atoms with Crippen LogP contribution in [0, 0.1) is 11.8 Å². The zero-order chi connectivity index (χ0) is 30.7. The van der Waals surface area contributed by atoms with E-state index in [1.807, 2.05) is 0 Å². The molecule has 232 valence electrons. The Morgan fingerprint density at radius 3 is 1.21 bits per heavy atom. The number of halogens is 2. The number of allylic oxidation sites excluding steroid dienone is 2. The first-order chi connectivity index (χ1) is 22.0. The fourth-order valence-corrected chi connectivity index (χ4v) is 13.7. The van der Waals surface area contributed by atoms with Crippen molar-refractivity contribution in [3.05, 3.63) is 155 Å². The molecule has 0 heterocycles. The third-order valence-electron chi connectivity index (χ3n) is 10.0. The summed E-state index contributed by atoms with van der Waals surface area (Å²) in [6.45, 7) is 9.62. The number of benzene rings is 6. The van der Waals surface area contributed by atoms with Crippen LogP contribution in [-0.2, 0) is 23.2 Å². The largest absolute Gasteiger partial charge is 1.00 e. The zero-order valence-corrected chi connectivity index (χ0v) is 31.2. The van der Waals surface area contributed by atoms with Gasteiger partial charge >= 0.3 is 281 Å². The van der Waals surface area contributed by atoms with Gasteiger partial charge in [0.25, 0.3) is 0 Å². The van der Waals surface area contributed by atoms with E-state index in [0.29, 0.717) is 19.1 Å². The molecule has 8 rings (SSSR count). The van der Waals surface area contributed by atoms with Crippen molar-refractivity contribution in [1.82, 2.24) is 0 Å². The maximum atomic E-state index is 2.59. The first kappa shape index (κ1) is 33.7. The standard InChI is InChI=1S/2C22H19.2ClH.Zr/c2*1-15(2)18-13-17-9-6-12-21(22(17)14-18)20-11-5-8-16-7-3-4-10-19(16)20;;;/h2*3-15H,1-2H3;2*1H;/q;;;;+2/p-2. The van der Waals surface area contributed by atoms with Crippen molar-refractivity contribution in [2.75, 3.05) is 0 Å².